The predicted octanol–water partition coefficient (Wildman–Crippen LogP) is -0.320. The topological polar surface area (TPSA) is 97.0 Å². The number of hydrogen-bond donors (Lipinski definition) is 3. The smallest absolute Gasteiger partial charge is 0.167 e. The molecule has 0 amide bonds. The van der Waals surface area contributed by atoms with Gasteiger partial charge in [0.1, 0.15) is 5.54 Å². The summed E-state index contributed by atoms with van der Waals surface area (Å²) in [6, 6.07) is 0. The molecule has 5 nitrogen and oxygen atoms in total. The monoisotopic (exact) mass is 156 g/mol. The lowest BCUT2D eigenvalue weighted by Gasteiger charge is -2.18. The van der Waals surface area contributed by atoms with Gasteiger partial charge >= 0.3 is 0 Å². The van der Waals surface area contributed by atoms with Crippen LogP contribution in [-0.4, -0.2) is 17.3 Å². The zero-order valence-corrected chi connectivity index (χ0v) is 6.41. The molecule has 0 aliphatic carbocycles. The zero-order valence-electron chi connectivity index (χ0n) is 6.41. The van der Waals surface area contributed by atoms with Gasteiger partial charge < -0.3 is 16.6 Å². The fraction of sp³-hybridized carbons (Fsp3) is 0.667. The molecule has 1 unspecified atom stereocenters. The Morgan fingerprint density at radius 1 is 1.55 bits per heavy atom. The van der Waals surface area contributed by atoms with Crippen LogP contribution in [0.2, 0.25) is 0 Å². The van der Waals surface area contributed by atoms with Crippen molar-refractivity contribution in [3.8, 4) is 0 Å². The van der Waals surface area contributed by atoms with Gasteiger partial charge in [0.05, 0.1) is 5.70 Å². The van der Waals surface area contributed by atoms with Crippen molar-refractivity contribution in [3.05, 3.63) is 11.5 Å². The van der Waals surface area contributed by atoms with Crippen molar-refractivity contribution in [1.29, 1.82) is 0 Å². The maximum atomic E-state index is 8.68. The van der Waals surface area contributed by atoms with E-state index in [1.165, 1.54) is 0 Å². The minimum absolute atomic E-state index is 0.0312. The molecule has 1 rings (SSSR count). The van der Waals surface area contributed by atoms with Crippen LogP contribution in [0.4, 0.5) is 0 Å². The molecule has 0 spiro atoms. The summed E-state index contributed by atoms with van der Waals surface area (Å²) in [6.45, 7) is 1.82. The Bertz CT molecular complexity index is 223. The number of aliphatic hydroxyl groups excluding tert-OH is 1. The van der Waals surface area contributed by atoms with E-state index in [-0.39, 0.29) is 12.4 Å². The highest BCUT2D eigenvalue weighted by atomic mass is 16.3. The zero-order chi connectivity index (χ0) is 8.48. The van der Waals surface area contributed by atoms with E-state index in [1.54, 1.807) is 6.92 Å². The molecule has 1 aliphatic rings. The van der Waals surface area contributed by atoms with Crippen LogP contribution >= 0.6 is 0 Å². The summed E-state index contributed by atoms with van der Waals surface area (Å²) in [5.41, 5.74) is 10.9. The van der Waals surface area contributed by atoms with E-state index >= 15 is 0 Å². The highest BCUT2D eigenvalue weighted by Gasteiger charge is 2.32. The highest BCUT2D eigenvalue weighted by molar-refractivity contribution is 5.23. The lowest BCUT2D eigenvalue weighted by atomic mass is 9.96. The third-order valence-electron chi connectivity index (χ3n) is 1.83. The van der Waals surface area contributed by atoms with Crippen LogP contribution in [0.25, 0.3) is 0 Å². The number of nitrogens with zero attached hydrogens (tertiary/aromatic N) is 2. The Kier molecular flexibility index (Phi) is 1.82. The first-order chi connectivity index (χ1) is 5.10. The van der Waals surface area contributed by atoms with Crippen molar-refractivity contribution in [2.75, 3.05) is 6.61 Å². The molecule has 0 fully saturated rings. The maximum absolute atomic E-state index is 8.68. The maximum Gasteiger partial charge on any atom is 0.167 e. The molecule has 5 N–H and O–H groups in total. The highest BCUT2D eigenvalue weighted by Crippen LogP contribution is 2.28. The van der Waals surface area contributed by atoms with Gasteiger partial charge in [0.25, 0.3) is 0 Å². The largest absolute Gasteiger partial charge is 0.397 e. The molecule has 0 aromatic rings. The predicted molar refractivity (Wildman–Crippen MR) is 40.4 cm³/mol. The lowest BCUT2D eigenvalue weighted by molar-refractivity contribution is 0.258. The van der Waals surface area contributed by atoms with Crippen LogP contribution in [-0.2, 0) is 0 Å². The third-order valence-corrected chi connectivity index (χ3v) is 1.83. The molecule has 5 heteroatoms. The van der Waals surface area contributed by atoms with Crippen molar-refractivity contribution in [1.82, 2.24) is 0 Å². The lowest BCUT2D eigenvalue weighted by Crippen LogP contribution is -2.30. The summed E-state index contributed by atoms with van der Waals surface area (Å²) in [5.74, 6) is 0.265. The fourth-order valence-electron chi connectivity index (χ4n) is 0.950. The second-order valence-corrected chi connectivity index (χ2v) is 2.75. The molecule has 1 aliphatic heterocycles. The van der Waals surface area contributed by atoms with Crippen molar-refractivity contribution < 1.29 is 5.11 Å². The van der Waals surface area contributed by atoms with Crippen molar-refractivity contribution in [2.45, 2.75) is 18.9 Å². The van der Waals surface area contributed by atoms with Gasteiger partial charge in [0, 0.05) is 13.0 Å². The number of azo groups is 1. The van der Waals surface area contributed by atoms with Gasteiger partial charge in [-0.3, -0.25) is 0 Å². The first kappa shape index (κ1) is 8.00. The molecule has 0 saturated carbocycles. The first-order valence-electron chi connectivity index (χ1n) is 3.39. The molecule has 62 valence electrons. The molecular formula is C6H12N4O. The van der Waals surface area contributed by atoms with Crippen LogP contribution in [0, 0.1) is 0 Å². The summed E-state index contributed by atoms with van der Waals surface area (Å²) in [5, 5.41) is 16.2. The van der Waals surface area contributed by atoms with E-state index in [1.807, 2.05) is 0 Å². The van der Waals surface area contributed by atoms with Gasteiger partial charge in [-0.15, -0.1) is 5.11 Å². The fourth-order valence-corrected chi connectivity index (χ4v) is 0.950. The van der Waals surface area contributed by atoms with Gasteiger partial charge in [-0.2, -0.15) is 5.11 Å². The van der Waals surface area contributed by atoms with Gasteiger partial charge in [-0.05, 0) is 6.92 Å². The average molecular weight is 156 g/mol. The summed E-state index contributed by atoms with van der Waals surface area (Å²) in [7, 11) is 0. The molecule has 1 atom stereocenters. The molecule has 1 heterocycles. The van der Waals surface area contributed by atoms with Crippen molar-refractivity contribution >= 4 is 0 Å². The van der Waals surface area contributed by atoms with E-state index < -0.39 is 5.54 Å². The van der Waals surface area contributed by atoms with E-state index in [0.29, 0.717) is 12.1 Å². The summed E-state index contributed by atoms with van der Waals surface area (Å²) in [6.07, 6.45) is 0.461. The molecule has 11 heavy (non-hydrogen) atoms. The number of aliphatic hydroxyl groups is 1. The molecule has 0 aromatic heterocycles. The Balaban J connectivity index is 2.83. The summed E-state index contributed by atoms with van der Waals surface area (Å²) >= 11 is 0. The van der Waals surface area contributed by atoms with Crippen molar-refractivity contribution in [3.63, 3.8) is 0 Å². The minimum Gasteiger partial charge on any atom is -0.397 e. The Morgan fingerprint density at radius 3 is 2.55 bits per heavy atom. The minimum atomic E-state index is -0.584. The molecular weight excluding hydrogens is 144 g/mol. The Hall–Kier alpha value is -1.10. The Morgan fingerprint density at radius 2 is 2.18 bits per heavy atom. The summed E-state index contributed by atoms with van der Waals surface area (Å²) in [4.78, 5) is 0. The second-order valence-electron chi connectivity index (χ2n) is 2.75. The Labute approximate surface area is 64.8 Å². The number of nitrogens with two attached hydrogens (primary N) is 2. The van der Waals surface area contributed by atoms with Crippen LogP contribution < -0.4 is 11.5 Å². The average Bonchev–Trinajstić information content (AvgIpc) is 2.19. The standard InChI is InChI=1S/C6H12N4O/c1-6(2-3-11)4(7)5(8)9-10-6/h11H,2-3,7-8H2,1H3. The van der Waals surface area contributed by atoms with Gasteiger partial charge in [-0.1, -0.05) is 0 Å². The van der Waals surface area contributed by atoms with E-state index in [9.17, 15) is 0 Å². The molecule has 0 radical (unpaired) electrons. The van der Waals surface area contributed by atoms with Crippen LogP contribution in [0.3, 0.4) is 0 Å². The van der Waals surface area contributed by atoms with Crippen molar-refractivity contribution in [2.24, 2.45) is 21.7 Å². The first-order valence-corrected chi connectivity index (χ1v) is 3.39. The van der Waals surface area contributed by atoms with Crippen LogP contribution in [0.1, 0.15) is 13.3 Å². The second kappa shape index (κ2) is 2.50. The van der Waals surface area contributed by atoms with Crippen LogP contribution in [0.5, 0.6) is 0 Å². The van der Waals surface area contributed by atoms with Gasteiger partial charge in [0.2, 0.25) is 0 Å². The molecule has 0 aromatic carbocycles. The SMILES string of the molecule is CC1(CCO)N=NC(N)=C1N. The molecule has 0 bridgehead atoms. The van der Waals surface area contributed by atoms with E-state index in [0.717, 1.165) is 0 Å². The third kappa shape index (κ3) is 1.19. The van der Waals surface area contributed by atoms with Crippen LogP contribution in [0.15, 0.2) is 21.7 Å². The van der Waals surface area contributed by atoms with E-state index in [2.05, 4.69) is 10.2 Å². The number of rotatable bonds is 2. The van der Waals surface area contributed by atoms with Gasteiger partial charge in [0.15, 0.2) is 5.82 Å². The number of hydrogen-bond acceptors (Lipinski definition) is 5. The molecule has 0 saturated heterocycles. The van der Waals surface area contributed by atoms with E-state index in [4.69, 9.17) is 16.6 Å². The quantitative estimate of drug-likeness (QED) is 0.511. The normalized spacial score (nSPS) is 30.0. The van der Waals surface area contributed by atoms with Gasteiger partial charge in [-0.25, -0.2) is 0 Å². The summed E-state index contributed by atoms with van der Waals surface area (Å²) < 4.78 is 0.